The second-order valence-electron chi connectivity index (χ2n) is 5.62. The third-order valence-corrected chi connectivity index (χ3v) is 5.74. The van der Waals surface area contributed by atoms with E-state index in [2.05, 4.69) is 5.32 Å². The molecule has 1 fully saturated rings. The van der Waals surface area contributed by atoms with E-state index >= 15 is 0 Å². The van der Waals surface area contributed by atoms with Crippen molar-refractivity contribution in [3.63, 3.8) is 0 Å². The van der Waals surface area contributed by atoms with Gasteiger partial charge in [0.25, 0.3) is 11.8 Å². The molecule has 2 N–H and O–H groups in total. The van der Waals surface area contributed by atoms with E-state index in [0.29, 0.717) is 16.2 Å². The predicted molar refractivity (Wildman–Crippen MR) is 96.4 cm³/mol. The van der Waals surface area contributed by atoms with E-state index in [9.17, 15) is 19.5 Å². The van der Waals surface area contributed by atoms with Crippen LogP contribution in [0.2, 0.25) is 0 Å². The maximum absolute atomic E-state index is 12.4. The molecular weight excluding hydrogens is 380 g/mol. The molecule has 2 aliphatic rings. The Kier molecular flexibility index (Phi) is 5.24. The van der Waals surface area contributed by atoms with Gasteiger partial charge >= 0.3 is 5.97 Å². The van der Waals surface area contributed by atoms with Crippen LogP contribution in [0.25, 0.3) is 0 Å². The number of carboxylic acids is 1. The number of hydrogen-bond acceptors (Lipinski definition) is 5. The van der Waals surface area contributed by atoms with Crippen molar-refractivity contribution in [3.8, 4) is 5.75 Å². The number of amides is 2. The zero-order valence-corrected chi connectivity index (χ0v) is 15.2. The molecule has 0 aromatic heterocycles. The topological polar surface area (TPSA) is 95.9 Å². The lowest BCUT2D eigenvalue weighted by molar-refractivity contribution is -0.150. The average molecular weight is 395 g/mol. The van der Waals surface area contributed by atoms with E-state index in [1.807, 2.05) is 6.07 Å². The van der Waals surface area contributed by atoms with Crippen molar-refractivity contribution in [1.29, 1.82) is 0 Å². The first kappa shape index (κ1) is 18.3. The highest BCUT2D eigenvalue weighted by Crippen LogP contribution is 2.46. The lowest BCUT2D eigenvalue weighted by atomic mass is 10.0. The SMILES string of the molecule is CC1=C(C(=O)O)N2C(=O)C(NC(=O)COc3ccccc3)[C@@H]2SC1=CCl. The summed E-state index contributed by atoms with van der Waals surface area (Å²) in [5.74, 6) is -1.61. The number of carbonyl (C=O) groups excluding carboxylic acids is 2. The molecule has 1 aromatic carbocycles. The zero-order valence-electron chi connectivity index (χ0n) is 13.6. The van der Waals surface area contributed by atoms with Crippen LogP contribution in [-0.4, -0.2) is 45.8 Å². The molecule has 7 nitrogen and oxygen atoms in total. The fraction of sp³-hybridized carbons (Fsp3) is 0.235. The lowest BCUT2D eigenvalue weighted by Crippen LogP contribution is -2.70. The molecule has 0 spiro atoms. The summed E-state index contributed by atoms with van der Waals surface area (Å²) in [6.45, 7) is 1.35. The zero-order chi connectivity index (χ0) is 18.8. The van der Waals surface area contributed by atoms with Crippen LogP contribution >= 0.6 is 23.4 Å². The number of halogens is 1. The monoisotopic (exact) mass is 394 g/mol. The van der Waals surface area contributed by atoms with Gasteiger partial charge in [0.15, 0.2) is 6.61 Å². The van der Waals surface area contributed by atoms with Crippen LogP contribution in [0.15, 0.2) is 52.0 Å². The molecule has 3 rings (SSSR count). The summed E-state index contributed by atoms with van der Waals surface area (Å²) in [7, 11) is 0. The van der Waals surface area contributed by atoms with Gasteiger partial charge in [-0.15, -0.1) is 0 Å². The van der Waals surface area contributed by atoms with Crippen molar-refractivity contribution in [2.24, 2.45) is 0 Å². The van der Waals surface area contributed by atoms with Crippen LogP contribution in [0.5, 0.6) is 5.75 Å². The van der Waals surface area contributed by atoms with Crippen molar-refractivity contribution >= 4 is 41.1 Å². The van der Waals surface area contributed by atoms with Crippen molar-refractivity contribution in [2.75, 3.05) is 6.61 Å². The van der Waals surface area contributed by atoms with Gasteiger partial charge in [0.05, 0.1) is 0 Å². The van der Waals surface area contributed by atoms with Gasteiger partial charge in [-0.2, -0.15) is 0 Å². The Labute approximate surface area is 158 Å². The number of para-hydroxylation sites is 1. The summed E-state index contributed by atoms with van der Waals surface area (Å²) in [5.41, 5.74) is 1.58. The number of carbonyl (C=O) groups is 3. The fourth-order valence-electron chi connectivity index (χ4n) is 2.72. The first-order chi connectivity index (χ1) is 12.4. The normalized spacial score (nSPS) is 23.4. The summed E-state index contributed by atoms with van der Waals surface area (Å²) in [5, 5.41) is 11.4. The highest BCUT2D eigenvalue weighted by molar-refractivity contribution is 8.04. The predicted octanol–water partition coefficient (Wildman–Crippen LogP) is 1.90. The molecule has 0 radical (unpaired) electrons. The van der Waals surface area contributed by atoms with Crippen LogP contribution in [0.4, 0.5) is 0 Å². The maximum atomic E-state index is 12.4. The van der Waals surface area contributed by atoms with Gasteiger partial charge in [-0.3, -0.25) is 14.5 Å². The first-order valence-electron chi connectivity index (χ1n) is 7.66. The van der Waals surface area contributed by atoms with Crippen LogP contribution in [0, 0.1) is 0 Å². The average Bonchev–Trinajstić information content (AvgIpc) is 2.64. The van der Waals surface area contributed by atoms with E-state index in [1.54, 1.807) is 31.2 Å². The smallest absolute Gasteiger partial charge is 0.352 e. The molecule has 0 saturated carbocycles. The van der Waals surface area contributed by atoms with E-state index < -0.39 is 29.2 Å². The molecule has 0 bridgehead atoms. The van der Waals surface area contributed by atoms with Crippen molar-refractivity contribution in [1.82, 2.24) is 10.2 Å². The molecule has 1 unspecified atom stereocenters. The van der Waals surface area contributed by atoms with Crippen molar-refractivity contribution in [2.45, 2.75) is 18.3 Å². The number of allylic oxidation sites excluding steroid dienone is 1. The minimum absolute atomic E-state index is 0.114. The molecule has 1 aromatic rings. The quantitative estimate of drug-likeness (QED) is 0.740. The molecule has 2 heterocycles. The Morgan fingerprint density at radius 1 is 1.38 bits per heavy atom. The largest absolute Gasteiger partial charge is 0.484 e. The highest BCUT2D eigenvalue weighted by atomic mass is 35.5. The van der Waals surface area contributed by atoms with Gasteiger partial charge in [-0.25, -0.2) is 4.79 Å². The van der Waals surface area contributed by atoms with Crippen molar-refractivity contribution < 1.29 is 24.2 Å². The van der Waals surface area contributed by atoms with E-state index in [-0.39, 0.29) is 12.3 Å². The van der Waals surface area contributed by atoms with Gasteiger partial charge < -0.3 is 15.2 Å². The second kappa shape index (κ2) is 7.43. The number of fused-ring (bicyclic) bond motifs is 1. The van der Waals surface area contributed by atoms with Gasteiger partial charge in [0, 0.05) is 10.4 Å². The number of carboxylic acid groups (broad SMARTS) is 1. The standard InChI is InChI=1S/C17H15ClN2O5S/c1-9-11(7-18)26-16-13(15(22)20(16)14(9)17(23)24)19-12(21)8-25-10-5-3-2-4-6-10/h2-7,13,16H,8H2,1H3,(H,19,21)(H,23,24)/t13?,16-/m0/s1. The van der Waals surface area contributed by atoms with Crippen LogP contribution in [0.3, 0.4) is 0 Å². The van der Waals surface area contributed by atoms with Gasteiger partial charge in [0.2, 0.25) is 0 Å². The molecule has 2 amide bonds. The number of β-lactam (4-membered cyclic amide) rings is 1. The van der Waals surface area contributed by atoms with Crippen LogP contribution < -0.4 is 10.1 Å². The molecule has 2 aliphatic heterocycles. The number of nitrogens with zero attached hydrogens (tertiary/aromatic N) is 1. The Morgan fingerprint density at radius 3 is 2.69 bits per heavy atom. The molecule has 2 atom stereocenters. The van der Waals surface area contributed by atoms with Crippen LogP contribution in [-0.2, 0) is 14.4 Å². The maximum Gasteiger partial charge on any atom is 0.352 e. The minimum Gasteiger partial charge on any atom is -0.484 e. The molecule has 136 valence electrons. The Morgan fingerprint density at radius 2 is 2.08 bits per heavy atom. The van der Waals surface area contributed by atoms with Gasteiger partial charge in [-0.1, -0.05) is 41.6 Å². The summed E-state index contributed by atoms with van der Waals surface area (Å²) >= 11 is 7.01. The first-order valence-corrected chi connectivity index (χ1v) is 8.97. The molecule has 1 saturated heterocycles. The summed E-state index contributed by atoms with van der Waals surface area (Å²) in [6, 6.07) is 7.98. The number of hydrogen-bond donors (Lipinski definition) is 2. The number of thioether (sulfide) groups is 1. The third-order valence-electron chi connectivity index (χ3n) is 3.99. The number of rotatable bonds is 5. The van der Waals surface area contributed by atoms with E-state index in [4.69, 9.17) is 16.3 Å². The minimum atomic E-state index is -1.21. The summed E-state index contributed by atoms with van der Waals surface area (Å²) in [4.78, 5) is 37.7. The molecule has 9 heteroatoms. The fourth-order valence-corrected chi connectivity index (χ4v) is 4.26. The second-order valence-corrected chi connectivity index (χ2v) is 6.99. The third kappa shape index (κ3) is 3.30. The molecular formula is C17H15ClN2O5S. The summed E-state index contributed by atoms with van der Waals surface area (Å²) in [6.07, 6.45) is 0. The number of ether oxygens (including phenoxy) is 1. The van der Waals surface area contributed by atoms with Crippen molar-refractivity contribution in [3.05, 3.63) is 52.0 Å². The number of benzene rings is 1. The molecule has 26 heavy (non-hydrogen) atoms. The number of aliphatic carboxylic acids is 1. The number of nitrogens with one attached hydrogen (secondary N) is 1. The Balaban J connectivity index is 1.67. The Hall–Kier alpha value is -2.45. The Bertz CT molecular complexity index is 824. The highest BCUT2D eigenvalue weighted by Gasteiger charge is 2.54. The van der Waals surface area contributed by atoms with Gasteiger partial charge in [-0.05, 0) is 24.6 Å². The van der Waals surface area contributed by atoms with E-state index in [1.165, 1.54) is 22.2 Å². The lowest BCUT2D eigenvalue weighted by Gasteiger charge is -2.49. The molecule has 0 aliphatic carbocycles. The van der Waals surface area contributed by atoms with E-state index in [0.717, 1.165) is 0 Å². The van der Waals surface area contributed by atoms with Gasteiger partial charge in [0.1, 0.15) is 22.9 Å². The van der Waals surface area contributed by atoms with Crippen LogP contribution in [0.1, 0.15) is 6.92 Å². The summed E-state index contributed by atoms with van der Waals surface area (Å²) < 4.78 is 5.35.